The number of carbonyl (C=O) groups is 1. The lowest BCUT2D eigenvalue weighted by Crippen LogP contribution is -2.34. The molecule has 0 saturated heterocycles. The van der Waals surface area contributed by atoms with E-state index in [9.17, 15) is 4.79 Å². The van der Waals surface area contributed by atoms with E-state index in [0.29, 0.717) is 6.42 Å². The summed E-state index contributed by atoms with van der Waals surface area (Å²) in [5.41, 5.74) is 1.09. The van der Waals surface area contributed by atoms with E-state index in [1.165, 1.54) is 11.3 Å². The molecule has 1 rings (SSSR count). The van der Waals surface area contributed by atoms with Crippen LogP contribution in [0.25, 0.3) is 0 Å². The van der Waals surface area contributed by atoms with Crippen LogP contribution in [-0.2, 0) is 6.42 Å². The Labute approximate surface area is 100 Å². The van der Waals surface area contributed by atoms with Crippen molar-refractivity contribution in [1.82, 2.24) is 4.90 Å². The summed E-state index contributed by atoms with van der Waals surface area (Å²) in [6, 6.07) is 4.04. The van der Waals surface area contributed by atoms with E-state index in [1.807, 2.05) is 25.3 Å². The Balaban J connectivity index is 2.82. The van der Waals surface area contributed by atoms with Crippen LogP contribution >= 0.6 is 11.3 Å². The second kappa shape index (κ2) is 5.66. The van der Waals surface area contributed by atoms with Crippen molar-refractivity contribution < 1.29 is 4.79 Å². The molecule has 1 atom stereocenters. The third-order valence-corrected chi connectivity index (χ3v) is 3.63. The molecule has 4 heteroatoms. The lowest BCUT2D eigenvalue weighted by atomic mass is 10.1. The zero-order valence-electron chi connectivity index (χ0n) is 9.86. The molecule has 0 aliphatic carbocycles. The van der Waals surface area contributed by atoms with E-state index < -0.39 is 0 Å². The van der Waals surface area contributed by atoms with Crippen LogP contribution in [0.15, 0.2) is 11.4 Å². The average molecular weight is 236 g/mol. The second-order valence-electron chi connectivity index (χ2n) is 3.76. The highest BCUT2D eigenvalue weighted by atomic mass is 32.1. The molecule has 1 heterocycles. The molecule has 3 nitrogen and oxygen atoms in total. The van der Waals surface area contributed by atoms with E-state index in [-0.39, 0.29) is 11.9 Å². The van der Waals surface area contributed by atoms with Crippen LogP contribution in [0.2, 0.25) is 0 Å². The minimum atomic E-state index is -0.0377. The zero-order valence-corrected chi connectivity index (χ0v) is 10.7. The Hall–Kier alpha value is -1.34. The molecular weight excluding hydrogens is 220 g/mol. The third kappa shape index (κ3) is 2.61. The lowest BCUT2D eigenvalue weighted by Gasteiger charge is -2.22. The van der Waals surface area contributed by atoms with Crippen LogP contribution in [0.4, 0.5) is 0 Å². The predicted molar refractivity (Wildman–Crippen MR) is 65.5 cm³/mol. The summed E-state index contributed by atoms with van der Waals surface area (Å²) in [6.45, 7) is 3.93. The van der Waals surface area contributed by atoms with Crippen molar-refractivity contribution in [2.45, 2.75) is 32.7 Å². The van der Waals surface area contributed by atoms with Gasteiger partial charge in [0.15, 0.2) is 0 Å². The number of hydrogen-bond donors (Lipinski definition) is 0. The van der Waals surface area contributed by atoms with Crippen LogP contribution in [0.3, 0.4) is 0 Å². The molecule has 1 aromatic rings. The van der Waals surface area contributed by atoms with Crippen molar-refractivity contribution >= 4 is 17.2 Å². The van der Waals surface area contributed by atoms with E-state index in [4.69, 9.17) is 5.26 Å². The lowest BCUT2D eigenvalue weighted by molar-refractivity contribution is 0.0750. The van der Waals surface area contributed by atoms with Gasteiger partial charge in [0.05, 0.1) is 17.4 Å². The van der Waals surface area contributed by atoms with E-state index in [1.54, 1.807) is 11.9 Å². The smallest absolute Gasteiger partial charge is 0.264 e. The summed E-state index contributed by atoms with van der Waals surface area (Å²) in [4.78, 5) is 14.6. The standard InChI is InChI=1S/C12H16N2OS/c1-4-10-6-8-16-11(10)12(15)14(3)9(2)5-7-13/h6,8-9H,4-5H2,1-3H3/t9-/m0/s1. The van der Waals surface area contributed by atoms with Crippen LogP contribution < -0.4 is 0 Å². The number of aryl methyl sites for hydroxylation is 1. The average Bonchev–Trinajstić information content (AvgIpc) is 2.75. The second-order valence-corrected chi connectivity index (χ2v) is 4.67. The van der Waals surface area contributed by atoms with Crippen molar-refractivity contribution in [3.63, 3.8) is 0 Å². The number of thiophene rings is 1. The highest BCUT2D eigenvalue weighted by Crippen LogP contribution is 2.20. The molecule has 0 saturated carbocycles. The maximum absolute atomic E-state index is 12.1. The summed E-state index contributed by atoms with van der Waals surface area (Å²) >= 11 is 1.47. The number of carbonyl (C=O) groups excluding carboxylic acids is 1. The van der Waals surface area contributed by atoms with Crippen LogP contribution in [0, 0.1) is 11.3 Å². The van der Waals surface area contributed by atoms with Gasteiger partial charge in [0.1, 0.15) is 0 Å². The Morgan fingerprint density at radius 2 is 2.38 bits per heavy atom. The van der Waals surface area contributed by atoms with Crippen LogP contribution in [0.1, 0.15) is 35.5 Å². The molecule has 0 aliphatic rings. The number of nitriles is 1. The quantitative estimate of drug-likeness (QED) is 0.806. The van der Waals surface area contributed by atoms with Crippen molar-refractivity contribution in [1.29, 1.82) is 5.26 Å². The zero-order chi connectivity index (χ0) is 12.1. The molecule has 16 heavy (non-hydrogen) atoms. The van der Waals surface area contributed by atoms with Gasteiger partial charge in [0.25, 0.3) is 5.91 Å². The molecule has 1 amide bonds. The van der Waals surface area contributed by atoms with Crippen molar-refractivity contribution in [3.8, 4) is 6.07 Å². The fraction of sp³-hybridized carbons (Fsp3) is 0.500. The first-order valence-corrected chi connectivity index (χ1v) is 6.20. The SMILES string of the molecule is CCc1ccsc1C(=O)N(C)[C@@H](C)CC#N. The van der Waals surface area contributed by atoms with E-state index in [2.05, 4.69) is 6.07 Å². The van der Waals surface area contributed by atoms with Gasteiger partial charge in [0.2, 0.25) is 0 Å². The van der Waals surface area contributed by atoms with Gasteiger partial charge in [-0.15, -0.1) is 11.3 Å². The van der Waals surface area contributed by atoms with Gasteiger partial charge in [-0.1, -0.05) is 6.92 Å². The van der Waals surface area contributed by atoms with Crippen LogP contribution in [0.5, 0.6) is 0 Å². The fourth-order valence-corrected chi connectivity index (χ4v) is 2.41. The maximum Gasteiger partial charge on any atom is 0.264 e. The van der Waals surface area contributed by atoms with Gasteiger partial charge in [-0.05, 0) is 30.4 Å². The number of amides is 1. The molecule has 0 fully saturated rings. The minimum Gasteiger partial charge on any atom is -0.337 e. The van der Waals surface area contributed by atoms with Gasteiger partial charge >= 0.3 is 0 Å². The molecule has 1 aromatic heterocycles. The summed E-state index contributed by atoms with van der Waals surface area (Å²) in [5, 5.41) is 10.6. The fourth-order valence-electron chi connectivity index (χ4n) is 1.43. The molecule has 86 valence electrons. The summed E-state index contributed by atoms with van der Waals surface area (Å²) in [5.74, 6) is 0.0228. The highest BCUT2D eigenvalue weighted by molar-refractivity contribution is 7.12. The molecule has 0 spiro atoms. The van der Waals surface area contributed by atoms with Crippen molar-refractivity contribution in [2.24, 2.45) is 0 Å². The first kappa shape index (κ1) is 12.7. The molecule has 0 aliphatic heterocycles. The number of rotatable bonds is 4. The first-order valence-electron chi connectivity index (χ1n) is 5.32. The molecule has 0 aromatic carbocycles. The largest absolute Gasteiger partial charge is 0.337 e. The Morgan fingerprint density at radius 1 is 1.69 bits per heavy atom. The molecule has 0 unspecified atom stereocenters. The Bertz CT molecular complexity index is 405. The van der Waals surface area contributed by atoms with E-state index >= 15 is 0 Å². The van der Waals surface area contributed by atoms with Gasteiger partial charge in [-0.3, -0.25) is 4.79 Å². The van der Waals surface area contributed by atoms with Crippen molar-refractivity contribution in [2.75, 3.05) is 7.05 Å². The Kier molecular flexibility index (Phi) is 4.51. The molecule has 0 bridgehead atoms. The third-order valence-electron chi connectivity index (χ3n) is 2.69. The van der Waals surface area contributed by atoms with Crippen LogP contribution in [-0.4, -0.2) is 23.9 Å². The van der Waals surface area contributed by atoms with Gasteiger partial charge in [-0.2, -0.15) is 5.26 Å². The summed E-state index contributed by atoms with van der Waals surface area (Å²) < 4.78 is 0. The van der Waals surface area contributed by atoms with Gasteiger partial charge in [-0.25, -0.2) is 0 Å². The molecule has 0 N–H and O–H groups in total. The maximum atomic E-state index is 12.1. The summed E-state index contributed by atoms with van der Waals surface area (Å²) in [7, 11) is 1.75. The first-order chi connectivity index (χ1) is 7.61. The number of nitrogens with zero attached hydrogens (tertiary/aromatic N) is 2. The van der Waals surface area contributed by atoms with Gasteiger partial charge < -0.3 is 4.90 Å². The van der Waals surface area contributed by atoms with Gasteiger partial charge in [0, 0.05) is 13.1 Å². The molecule has 0 radical (unpaired) electrons. The topological polar surface area (TPSA) is 44.1 Å². The highest BCUT2D eigenvalue weighted by Gasteiger charge is 2.20. The van der Waals surface area contributed by atoms with Crippen molar-refractivity contribution in [3.05, 3.63) is 21.9 Å². The normalized spacial score (nSPS) is 11.9. The summed E-state index contributed by atoms with van der Waals surface area (Å²) in [6.07, 6.45) is 1.24. The van der Waals surface area contributed by atoms with E-state index in [0.717, 1.165) is 16.9 Å². The minimum absolute atomic E-state index is 0.0228. The predicted octanol–water partition coefficient (Wildman–Crippen LogP) is 2.68. The molecular formula is C12H16N2OS. The Morgan fingerprint density at radius 3 is 2.94 bits per heavy atom. The number of hydrogen-bond acceptors (Lipinski definition) is 3. The monoisotopic (exact) mass is 236 g/mol.